The molecular weight excluding hydrogens is 174 g/mol. The number of likely N-dealkylation sites (N-methyl/N-ethyl adjacent to an activating group) is 1. The van der Waals surface area contributed by atoms with E-state index >= 15 is 0 Å². The lowest BCUT2D eigenvalue weighted by Gasteiger charge is -2.42. The zero-order valence-electron chi connectivity index (χ0n) is 10.1. The van der Waals surface area contributed by atoms with Crippen LogP contribution in [0.2, 0.25) is 0 Å². The lowest BCUT2D eigenvalue weighted by Crippen LogP contribution is -2.59. The molecule has 0 aromatic rings. The summed E-state index contributed by atoms with van der Waals surface area (Å²) in [4.78, 5) is 4.93. The smallest absolute Gasteiger partial charge is 0.0351 e. The van der Waals surface area contributed by atoms with Crippen LogP contribution in [-0.2, 0) is 0 Å². The van der Waals surface area contributed by atoms with Crippen LogP contribution in [-0.4, -0.2) is 62.2 Å². The van der Waals surface area contributed by atoms with Crippen LogP contribution in [0.5, 0.6) is 0 Å². The number of piperazine rings is 1. The SMILES string of the molecule is CCCN1C(C)CNCC1CN(C)C. The molecule has 2 unspecified atom stereocenters. The fourth-order valence-corrected chi connectivity index (χ4v) is 2.31. The van der Waals surface area contributed by atoms with Crippen LogP contribution in [0.15, 0.2) is 0 Å². The third-order valence-electron chi connectivity index (χ3n) is 2.91. The fourth-order valence-electron chi connectivity index (χ4n) is 2.31. The van der Waals surface area contributed by atoms with Crippen LogP contribution < -0.4 is 5.32 Å². The largest absolute Gasteiger partial charge is 0.314 e. The van der Waals surface area contributed by atoms with Gasteiger partial charge in [0.2, 0.25) is 0 Å². The Balaban J connectivity index is 2.50. The quantitative estimate of drug-likeness (QED) is 0.716. The maximum absolute atomic E-state index is 3.51. The van der Waals surface area contributed by atoms with Gasteiger partial charge in [-0.2, -0.15) is 0 Å². The van der Waals surface area contributed by atoms with E-state index in [0.29, 0.717) is 12.1 Å². The Morgan fingerprint density at radius 3 is 2.64 bits per heavy atom. The molecule has 1 N–H and O–H groups in total. The average molecular weight is 199 g/mol. The van der Waals surface area contributed by atoms with Gasteiger partial charge in [-0.1, -0.05) is 6.92 Å². The normalized spacial score (nSPS) is 29.8. The lowest BCUT2D eigenvalue weighted by atomic mass is 10.1. The molecule has 0 amide bonds. The summed E-state index contributed by atoms with van der Waals surface area (Å²) in [5, 5.41) is 3.51. The Kier molecular flexibility index (Phi) is 4.85. The minimum atomic E-state index is 0.689. The van der Waals surface area contributed by atoms with Gasteiger partial charge in [0.05, 0.1) is 0 Å². The topological polar surface area (TPSA) is 18.5 Å². The van der Waals surface area contributed by atoms with E-state index < -0.39 is 0 Å². The highest BCUT2D eigenvalue weighted by atomic mass is 15.3. The van der Waals surface area contributed by atoms with Gasteiger partial charge in [0.25, 0.3) is 0 Å². The second-order valence-corrected chi connectivity index (χ2v) is 4.66. The first-order valence-electron chi connectivity index (χ1n) is 5.76. The molecule has 1 rings (SSSR count). The van der Waals surface area contributed by atoms with E-state index in [1.54, 1.807) is 0 Å². The molecule has 1 fully saturated rings. The molecule has 0 aromatic carbocycles. The monoisotopic (exact) mass is 199 g/mol. The summed E-state index contributed by atoms with van der Waals surface area (Å²) < 4.78 is 0. The van der Waals surface area contributed by atoms with Crippen LogP contribution in [0.1, 0.15) is 20.3 Å². The number of rotatable bonds is 4. The van der Waals surface area contributed by atoms with Crippen molar-refractivity contribution in [3.63, 3.8) is 0 Å². The molecule has 84 valence electrons. The number of nitrogens with one attached hydrogen (secondary N) is 1. The summed E-state index contributed by atoms with van der Waals surface area (Å²) in [6.07, 6.45) is 1.26. The van der Waals surface area contributed by atoms with E-state index in [2.05, 4.69) is 43.1 Å². The highest BCUT2D eigenvalue weighted by Crippen LogP contribution is 2.11. The summed E-state index contributed by atoms with van der Waals surface area (Å²) in [7, 11) is 4.31. The Labute approximate surface area is 88.5 Å². The molecule has 2 atom stereocenters. The zero-order chi connectivity index (χ0) is 10.6. The first-order valence-corrected chi connectivity index (χ1v) is 5.76. The van der Waals surface area contributed by atoms with Gasteiger partial charge >= 0.3 is 0 Å². The molecule has 1 aliphatic rings. The van der Waals surface area contributed by atoms with Gasteiger partial charge in [0, 0.05) is 31.7 Å². The van der Waals surface area contributed by atoms with Crippen LogP contribution in [0.3, 0.4) is 0 Å². The van der Waals surface area contributed by atoms with E-state index in [0.717, 1.165) is 19.6 Å². The second-order valence-electron chi connectivity index (χ2n) is 4.66. The highest BCUT2D eigenvalue weighted by Gasteiger charge is 2.26. The van der Waals surface area contributed by atoms with E-state index in [-0.39, 0.29) is 0 Å². The number of hydrogen-bond donors (Lipinski definition) is 1. The molecule has 3 nitrogen and oxygen atoms in total. The molecule has 1 heterocycles. The van der Waals surface area contributed by atoms with Gasteiger partial charge in [0.1, 0.15) is 0 Å². The maximum atomic E-state index is 3.51. The molecule has 1 aliphatic heterocycles. The zero-order valence-corrected chi connectivity index (χ0v) is 10.1. The second kappa shape index (κ2) is 5.69. The van der Waals surface area contributed by atoms with E-state index in [4.69, 9.17) is 0 Å². The van der Waals surface area contributed by atoms with Crippen LogP contribution >= 0.6 is 0 Å². The predicted octanol–water partition coefficient (Wildman–Crippen LogP) is 0.620. The molecule has 0 aliphatic carbocycles. The standard InChI is InChI=1S/C11H25N3/c1-5-6-14-10(2)7-12-8-11(14)9-13(3)4/h10-12H,5-9H2,1-4H3. The summed E-state index contributed by atoms with van der Waals surface area (Å²) in [5.41, 5.74) is 0. The summed E-state index contributed by atoms with van der Waals surface area (Å²) in [5.74, 6) is 0. The van der Waals surface area contributed by atoms with Crippen molar-refractivity contribution in [1.82, 2.24) is 15.1 Å². The van der Waals surface area contributed by atoms with Crippen molar-refractivity contribution < 1.29 is 0 Å². The first-order chi connectivity index (χ1) is 6.65. The minimum absolute atomic E-state index is 0.689. The van der Waals surface area contributed by atoms with Crippen molar-refractivity contribution in [1.29, 1.82) is 0 Å². The third-order valence-corrected chi connectivity index (χ3v) is 2.91. The van der Waals surface area contributed by atoms with Gasteiger partial charge in [0.15, 0.2) is 0 Å². The Bertz CT molecular complexity index is 159. The molecule has 0 radical (unpaired) electrons. The van der Waals surface area contributed by atoms with Crippen molar-refractivity contribution in [3.05, 3.63) is 0 Å². The van der Waals surface area contributed by atoms with Gasteiger partial charge < -0.3 is 10.2 Å². The summed E-state index contributed by atoms with van der Waals surface area (Å²) >= 11 is 0. The van der Waals surface area contributed by atoms with Gasteiger partial charge in [-0.15, -0.1) is 0 Å². The number of hydrogen-bond acceptors (Lipinski definition) is 3. The molecule has 0 spiro atoms. The van der Waals surface area contributed by atoms with Crippen LogP contribution in [0, 0.1) is 0 Å². The lowest BCUT2D eigenvalue weighted by molar-refractivity contribution is 0.0874. The molecule has 3 heteroatoms. The fraction of sp³-hybridized carbons (Fsp3) is 1.00. The summed E-state index contributed by atoms with van der Waals surface area (Å²) in [6, 6.07) is 1.38. The minimum Gasteiger partial charge on any atom is -0.314 e. The molecule has 14 heavy (non-hydrogen) atoms. The van der Waals surface area contributed by atoms with Gasteiger partial charge in [-0.25, -0.2) is 0 Å². The first kappa shape index (κ1) is 12.0. The Morgan fingerprint density at radius 1 is 1.36 bits per heavy atom. The third kappa shape index (κ3) is 3.23. The van der Waals surface area contributed by atoms with Crippen molar-refractivity contribution in [2.24, 2.45) is 0 Å². The van der Waals surface area contributed by atoms with Crippen LogP contribution in [0.4, 0.5) is 0 Å². The van der Waals surface area contributed by atoms with Crippen molar-refractivity contribution in [3.8, 4) is 0 Å². The average Bonchev–Trinajstić information content (AvgIpc) is 2.10. The van der Waals surface area contributed by atoms with Crippen LogP contribution in [0.25, 0.3) is 0 Å². The molecule has 1 saturated heterocycles. The Morgan fingerprint density at radius 2 is 2.07 bits per heavy atom. The Hall–Kier alpha value is -0.120. The van der Waals surface area contributed by atoms with E-state index in [1.165, 1.54) is 13.0 Å². The summed E-state index contributed by atoms with van der Waals surface area (Å²) in [6.45, 7) is 9.27. The number of nitrogens with zero attached hydrogens (tertiary/aromatic N) is 2. The van der Waals surface area contributed by atoms with Crippen molar-refractivity contribution in [2.75, 3.05) is 40.3 Å². The van der Waals surface area contributed by atoms with Crippen molar-refractivity contribution >= 4 is 0 Å². The van der Waals surface area contributed by atoms with Gasteiger partial charge in [-0.3, -0.25) is 4.90 Å². The van der Waals surface area contributed by atoms with Crippen molar-refractivity contribution in [2.45, 2.75) is 32.4 Å². The molecule has 0 saturated carbocycles. The molecular formula is C11H25N3. The highest BCUT2D eigenvalue weighted by molar-refractivity contribution is 4.86. The van der Waals surface area contributed by atoms with E-state index in [1.807, 2.05) is 0 Å². The predicted molar refractivity (Wildman–Crippen MR) is 61.7 cm³/mol. The molecule has 0 aromatic heterocycles. The van der Waals surface area contributed by atoms with Gasteiger partial charge in [-0.05, 0) is 34.0 Å². The maximum Gasteiger partial charge on any atom is 0.0351 e. The van der Waals surface area contributed by atoms with E-state index in [9.17, 15) is 0 Å². The molecule has 0 bridgehead atoms.